The van der Waals surface area contributed by atoms with E-state index in [4.69, 9.17) is 9.15 Å². The zero-order valence-electron chi connectivity index (χ0n) is 13.4. The SMILES string of the molecule is CN(CC(=O)NCc1ccco1)CC(O)COc1ccc(F)cc1. The molecule has 1 aromatic carbocycles. The summed E-state index contributed by atoms with van der Waals surface area (Å²) >= 11 is 0. The van der Waals surface area contributed by atoms with Gasteiger partial charge in [-0.2, -0.15) is 0 Å². The molecule has 1 amide bonds. The Morgan fingerprint density at radius 1 is 1.38 bits per heavy atom. The fourth-order valence-electron chi connectivity index (χ4n) is 2.10. The number of amides is 1. The summed E-state index contributed by atoms with van der Waals surface area (Å²) in [6.07, 6.45) is 0.781. The van der Waals surface area contributed by atoms with Crippen molar-refractivity contribution in [1.82, 2.24) is 10.2 Å². The summed E-state index contributed by atoms with van der Waals surface area (Å²) in [6, 6.07) is 9.10. The van der Waals surface area contributed by atoms with E-state index in [1.165, 1.54) is 24.3 Å². The van der Waals surface area contributed by atoms with Gasteiger partial charge in [-0.3, -0.25) is 9.69 Å². The molecule has 2 aromatic rings. The maximum absolute atomic E-state index is 12.8. The quantitative estimate of drug-likeness (QED) is 0.724. The van der Waals surface area contributed by atoms with Gasteiger partial charge in [0.25, 0.3) is 0 Å². The smallest absolute Gasteiger partial charge is 0.234 e. The van der Waals surface area contributed by atoms with Crippen molar-refractivity contribution in [2.75, 3.05) is 26.7 Å². The van der Waals surface area contributed by atoms with Crippen LogP contribution in [0.4, 0.5) is 4.39 Å². The minimum Gasteiger partial charge on any atom is -0.491 e. The number of carbonyl (C=O) groups excluding carboxylic acids is 1. The molecule has 0 saturated carbocycles. The fraction of sp³-hybridized carbons (Fsp3) is 0.353. The van der Waals surface area contributed by atoms with Crippen LogP contribution in [0.15, 0.2) is 47.1 Å². The average molecular weight is 336 g/mol. The van der Waals surface area contributed by atoms with Gasteiger partial charge in [0, 0.05) is 6.54 Å². The van der Waals surface area contributed by atoms with Crippen LogP contribution in [-0.4, -0.2) is 48.8 Å². The molecule has 1 aromatic heterocycles. The number of halogens is 1. The van der Waals surface area contributed by atoms with Crippen molar-refractivity contribution in [3.05, 3.63) is 54.2 Å². The number of furan rings is 1. The van der Waals surface area contributed by atoms with E-state index in [2.05, 4.69) is 5.32 Å². The van der Waals surface area contributed by atoms with Crippen molar-refractivity contribution in [3.63, 3.8) is 0 Å². The van der Waals surface area contributed by atoms with Crippen molar-refractivity contribution in [2.24, 2.45) is 0 Å². The predicted molar refractivity (Wildman–Crippen MR) is 86.0 cm³/mol. The second kappa shape index (κ2) is 9.05. The Morgan fingerprint density at radius 3 is 2.79 bits per heavy atom. The molecule has 0 aliphatic rings. The zero-order chi connectivity index (χ0) is 17.4. The van der Waals surface area contributed by atoms with Crippen LogP contribution in [0.2, 0.25) is 0 Å². The van der Waals surface area contributed by atoms with E-state index >= 15 is 0 Å². The van der Waals surface area contributed by atoms with Gasteiger partial charge in [-0.25, -0.2) is 4.39 Å². The molecule has 0 spiro atoms. The van der Waals surface area contributed by atoms with Crippen LogP contribution in [0.5, 0.6) is 5.75 Å². The Morgan fingerprint density at radius 2 is 2.12 bits per heavy atom. The standard InChI is InChI=1S/C17H21FN2O4/c1-20(11-17(22)19-9-16-3-2-8-23-16)10-14(21)12-24-15-6-4-13(18)5-7-15/h2-8,14,21H,9-12H2,1H3,(H,19,22). The number of carbonyl (C=O) groups is 1. The number of aliphatic hydroxyl groups excluding tert-OH is 1. The van der Waals surface area contributed by atoms with Crippen molar-refractivity contribution in [1.29, 1.82) is 0 Å². The molecule has 1 unspecified atom stereocenters. The molecule has 7 heteroatoms. The van der Waals surface area contributed by atoms with E-state index in [0.29, 0.717) is 18.1 Å². The molecule has 0 fully saturated rings. The van der Waals surface area contributed by atoms with Crippen molar-refractivity contribution in [2.45, 2.75) is 12.6 Å². The highest BCUT2D eigenvalue weighted by atomic mass is 19.1. The zero-order valence-corrected chi connectivity index (χ0v) is 13.4. The average Bonchev–Trinajstić information content (AvgIpc) is 3.05. The number of hydrogen-bond acceptors (Lipinski definition) is 5. The third kappa shape index (κ3) is 6.39. The number of hydrogen-bond donors (Lipinski definition) is 2. The number of rotatable bonds is 9. The van der Waals surface area contributed by atoms with Crippen LogP contribution >= 0.6 is 0 Å². The Bertz CT molecular complexity index is 616. The lowest BCUT2D eigenvalue weighted by Gasteiger charge is -2.20. The third-order valence-corrected chi connectivity index (χ3v) is 3.23. The molecule has 0 radical (unpaired) electrons. The number of nitrogens with one attached hydrogen (secondary N) is 1. The Kier molecular flexibility index (Phi) is 6.77. The van der Waals surface area contributed by atoms with Gasteiger partial charge in [0.1, 0.15) is 30.0 Å². The lowest BCUT2D eigenvalue weighted by Crippen LogP contribution is -2.39. The molecule has 6 nitrogen and oxygen atoms in total. The van der Waals surface area contributed by atoms with Gasteiger partial charge < -0.3 is 19.6 Å². The van der Waals surface area contributed by atoms with Gasteiger partial charge in [0.05, 0.1) is 19.4 Å². The fourth-order valence-corrected chi connectivity index (χ4v) is 2.10. The summed E-state index contributed by atoms with van der Waals surface area (Å²) in [5, 5.41) is 12.7. The first kappa shape index (κ1) is 18.0. The largest absolute Gasteiger partial charge is 0.491 e. The lowest BCUT2D eigenvalue weighted by atomic mass is 10.3. The Hall–Kier alpha value is -2.38. The van der Waals surface area contributed by atoms with Gasteiger partial charge in [-0.1, -0.05) is 0 Å². The minimum atomic E-state index is -0.766. The molecule has 130 valence electrons. The summed E-state index contributed by atoms with van der Waals surface area (Å²) in [7, 11) is 1.73. The first-order chi connectivity index (χ1) is 11.5. The first-order valence-electron chi connectivity index (χ1n) is 7.57. The topological polar surface area (TPSA) is 74.9 Å². The lowest BCUT2D eigenvalue weighted by molar-refractivity contribution is -0.122. The van der Waals surface area contributed by atoms with Crippen molar-refractivity contribution in [3.8, 4) is 5.75 Å². The van der Waals surface area contributed by atoms with Crippen LogP contribution in [0.25, 0.3) is 0 Å². The number of ether oxygens (including phenoxy) is 1. The maximum atomic E-state index is 12.8. The van der Waals surface area contributed by atoms with Gasteiger partial charge in [0.15, 0.2) is 0 Å². The normalized spacial score (nSPS) is 12.2. The highest BCUT2D eigenvalue weighted by Crippen LogP contribution is 2.11. The first-order valence-corrected chi connectivity index (χ1v) is 7.57. The van der Waals surface area contributed by atoms with E-state index in [0.717, 1.165) is 0 Å². The number of benzene rings is 1. The molecule has 0 bridgehead atoms. The summed E-state index contributed by atoms with van der Waals surface area (Å²) in [5.74, 6) is 0.650. The monoisotopic (exact) mass is 336 g/mol. The number of nitrogens with zero attached hydrogens (tertiary/aromatic N) is 1. The van der Waals surface area contributed by atoms with Gasteiger partial charge >= 0.3 is 0 Å². The molecule has 2 rings (SSSR count). The molecule has 1 heterocycles. The van der Waals surface area contributed by atoms with E-state index < -0.39 is 6.10 Å². The maximum Gasteiger partial charge on any atom is 0.234 e. The summed E-state index contributed by atoms with van der Waals surface area (Å²) in [5.41, 5.74) is 0. The molecule has 0 saturated heterocycles. The van der Waals surface area contributed by atoms with Crippen LogP contribution < -0.4 is 10.1 Å². The van der Waals surface area contributed by atoms with Crippen LogP contribution in [-0.2, 0) is 11.3 Å². The van der Waals surface area contributed by atoms with E-state index in [1.807, 2.05) is 0 Å². The second-order valence-corrected chi connectivity index (χ2v) is 5.47. The van der Waals surface area contributed by atoms with Crippen LogP contribution in [0.3, 0.4) is 0 Å². The van der Waals surface area contributed by atoms with Gasteiger partial charge in [-0.05, 0) is 43.4 Å². The van der Waals surface area contributed by atoms with E-state index in [-0.39, 0.29) is 31.4 Å². The molecule has 0 aliphatic heterocycles. The molecular formula is C17H21FN2O4. The van der Waals surface area contributed by atoms with Crippen molar-refractivity contribution >= 4 is 5.91 Å². The molecular weight excluding hydrogens is 315 g/mol. The van der Waals surface area contributed by atoms with Crippen LogP contribution in [0, 0.1) is 5.82 Å². The van der Waals surface area contributed by atoms with E-state index in [1.54, 1.807) is 30.3 Å². The molecule has 2 N–H and O–H groups in total. The van der Waals surface area contributed by atoms with Gasteiger partial charge in [0.2, 0.25) is 5.91 Å². The van der Waals surface area contributed by atoms with Crippen molar-refractivity contribution < 1.29 is 23.4 Å². The highest BCUT2D eigenvalue weighted by Gasteiger charge is 2.12. The molecule has 0 aliphatic carbocycles. The second-order valence-electron chi connectivity index (χ2n) is 5.47. The highest BCUT2D eigenvalue weighted by molar-refractivity contribution is 5.77. The summed E-state index contributed by atoms with van der Waals surface area (Å²) < 4.78 is 23.3. The number of likely N-dealkylation sites (N-methyl/N-ethyl adjacent to an activating group) is 1. The predicted octanol–water partition coefficient (Wildman–Crippen LogP) is 1.41. The molecule has 24 heavy (non-hydrogen) atoms. The van der Waals surface area contributed by atoms with Gasteiger partial charge in [-0.15, -0.1) is 0 Å². The molecule has 1 atom stereocenters. The van der Waals surface area contributed by atoms with Crippen LogP contribution in [0.1, 0.15) is 5.76 Å². The summed E-state index contributed by atoms with van der Waals surface area (Å²) in [6.45, 7) is 0.809. The minimum absolute atomic E-state index is 0.0595. The van der Waals surface area contributed by atoms with E-state index in [9.17, 15) is 14.3 Å². The Balaban J connectivity index is 1.64. The Labute approximate surface area is 139 Å². The number of aliphatic hydroxyl groups is 1. The summed E-state index contributed by atoms with van der Waals surface area (Å²) in [4.78, 5) is 13.5. The third-order valence-electron chi connectivity index (χ3n) is 3.23.